The molecule has 1 unspecified atom stereocenters. The smallest absolute Gasteiger partial charge is 0.403 e. The molecule has 2 nitrogen and oxygen atoms in total. The average Bonchev–Trinajstić information content (AvgIpc) is 2.60. The predicted molar refractivity (Wildman–Crippen MR) is 64.3 cm³/mol. The zero-order valence-electron chi connectivity index (χ0n) is 10.1. The number of halogens is 5. The van der Waals surface area contributed by atoms with E-state index in [0.29, 0.717) is 25.1 Å². The van der Waals surface area contributed by atoms with Crippen molar-refractivity contribution >= 4 is 17.3 Å². The number of hydrogen-bond acceptors (Lipinski definition) is 2. The average molecular weight is 298 g/mol. The Morgan fingerprint density at radius 2 is 2.05 bits per heavy atom. The Labute approximate surface area is 112 Å². The van der Waals surface area contributed by atoms with Crippen LogP contribution in [0.1, 0.15) is 12.0 Å². The topological polar surface area (TPSA) is 12.5 Å². The number of ether oxygens (including phenoxy) is 1. The molecule has 1 heterocycles. The summed E-state index contributed by atoms with van der Waals surface area (Å²) in [6.07, 6.45) is -4.18. The van der Waals surface area contributed by atoms with Crippen LogP contribution in [0.15, 0.2) is 12.1 Å². The minimum absolute atomic E-state index is 0.122. The molecule has 0 amide bonds. The molecule has 19 heavy (non-hydrogen) atoms. The second-order valence-electron chi connectivity index (χ2n) is 4.45. The molecule has 0 spiro atoms. The highest BCUT2D eigenvalue weighted by molar-refractivity contribution is 6.21. The fourth-order valence-corrected chi connectivity index (χ4v) is 2.50. The van der Waals surface area contributed by atoms with Gasteiger partial charge in [0.1, 0.15) is 5.82 Å². The Balaban J connectivity index is 2.40. The van der Waals surface area contributed by atoms with Gasteiger partial charge in [-0.25, -0.2) is 4.39 Å². The van der Waals surface area contributed by atoms with Gasteiger partial charge in [0.2, 0.25) is 0 Å². The van der Waals surface area contributed by atoms with Crippen LogP contribution in [0.25, 0.3) is 0 Å². The summed E-state index contributed by atoms with van der Waals surface area (Å²) in [5.41, 5.74) is 0.645. The molecule has 1 aromatic rings. The van der Waals surface area contributed by atoms with Crippen molar-refractivity contribution in [1.29, 1.82) is 0 Å². The molecular weight excluding hydrogens is 286 g/mol. The summed E-state index contributed by atoms with van der Waals surface area (Å²) in [6.45, 7) is 2.49. The third-order valence-electron chi connectivity index (χ3n) is 2.90. The standard InChI is InChI=1S/C12H12ClF4NO/c1-7-4-9(14)5-10(19-12(15,16)17)11(7)18-3-2-8(13)6-18/h4-5,8H,2-3,6H2,1H3. The minimum Gasteiger partial charge on any atom is -0.403 e. The summed E-state index contributed by atoms with van der Waals surface area (Å²) in [5.74, 6) is -1.28. The van der Waals surface area contributed by atoms with Crippen molar-refractivity contribution in [1.82, 2.24) is 0 Å². The molecule has 1 aliphatic rings. The van der Waals surface area contributed by atoms with Crippen molar-refractivity contribution in [2.75, 3.05) is 18.0 Å². The van der Waals surface area contributed by atoms with Gasteiger partial charge in [-0.05, 0) is 25.0 Å². The summed E-state index contributed by atoms with van der Waals surface area (Å²) in [5, 5.41) is -0.122. The lowest BCUT2D eigenvalue weighted by atomic mass is 10.1. The molecule has 0 saturated carbocycles. The first-order valence-electron chi connectivity index (χ1n) is 5.71. The Morgan fingerprint density at radius 3 is 2.58 bits per heavy atom. The van der Waals surface area contributed by atoms with Gasteiger partial charge in [-0.3, -0.25) is 0 Å². The van der Waals surface area contributed by atoms with Gasteiger partial charge in [0.25, 0.3) is 0 Å². The molecule has 1 aliphatic heterocycles. The van der Waals surface area contributed by atoms with Crippen molar-refractivity contribution in [2.24, 2.45) is 0 Å². The molecule has 7 heteroatoms. The summed E-state index contributed by atoms with van der Waals surface area (Å²) >= 11 is 5.95. The van der Waals surface area contributed by atoms with E-state index in [-0.39, 0.29) is 11.1 Å². The van der Waals surface area contributed by atoms with E-state index in [1.54, 1.807) is 11.8 Å². The second kappa shape index (κ2) is 5.07. The molecule has 106 valence electrons. The van der Waals surface area contributed by atoms with E-state index in [1.807, 2.05) is 0 Å². The first-order valence-corrected chi connectivity index (χ1v) is 6.15. The molecular formula is C12H12ClF4NO. The Kier molecular flexibility index (Phi) is 3.80. The molecule has 0 aliphatic carbocycles. The van der Waals surface area contributed by atoms with Crippen molar-refractivity contribution in [3.63, 3.8) is 0 Å². The highest BCUT2D eigenvalue weighted by Crippen LogP contribution is 2.38. The van der Waals surface area contributed by atoms with Crippen molar-refractivity contribution in [2.45, 2.75) is 25.1 Å². The summed E-state index contributed by atoms with van der Waals surface area (Å²) in [6, 6.07) is 1.93. The highest BCUT2D eigenvalue weighted by Gasteiger charge is 2.34. The van der Waals surface area contributed by atoms with Crippen LogP contribution >= 0.6 is 11.6 Å². The van der Waals surface area contributed by atoms with Gasteiger partial charge < -0.3 is 9.64 Å². The lowest BCUT2D eigenvalue weighted by molar-refractivity contribution is -0.274. The van der Waals surface area contributed by atoms with Crippen LogP contribution in [0.2, 0.25) is 0 Å². The maximum absolute atomic E-state index is 13.3. The monoisotopic (exact) mass is 297 g/mol. The van der Waals surface area contributed by atoms with E-state index < -0.39 is 17.9 Å². The molecule has 2 rings (SSSR count). The molecule has 0 bridgehead atoms. The van der Waals surface area contributed by atoms with Crippen LogP contribution in [0.5, 0.6) is 5.75 Å². The number of aryl methyl sites for hydroxylation is 1. The molecule has 0 N–H and O–H groups in total. The number of rotatable bonds is 2. The van der Waals surface area contributed by atoms with Crippen LogP contribution in [-0.4, -0.2) is 24.8 Å². The first-order chi connectivity index (χ1) is 8.76. The van der Waals surface area contributed by atoms with E-state index >= 15 is 0 Å². The number of alkyl halides is 4. The van der Waals surface area contributed by atoms with Crippen LogP contribution < -0.4 is 9.64 Å². The Morgan fingerprint density at radius 1 is 1.37 bits per heavy atom. The number of hydrogen-bond donors (Lipinski definition) is 0. The zero-order chi connectivity index (χ0) is 14.2. The van der Waals surface area contributed by atoms with Crippen LogP contribution in [0.3, 0.4) is 0 Å². The van der Waals surface area contributed by atoms with Crippen molar-refractivity contribution in [3.05, 3.63) is 23.5 Å². The molecule has 0 aromatic heterocycles. The lowest BCUT2D eigenvalue weighted by Crippen LogP contribution is -2.24. The van der Waals surface area contributed by atoms with E-state index in [4.69, 9.17) is 11.6 Å². The lowest BCUT2D eigenvalue weighted by Gasteiger charge is -2.24. The highest BCUT2D eigenvalue weighted by atomic mass is 35.5. The van der Waals surface area contributed by atoms with Gasteiger partial charge in [0.15, 0.2) is 5.75 Å². The quantitative estimate of drug-likeness (QED) is 0.607. The maximum Gasteiger partial charge on any atom is 0.573 e. The largest absolute Gasteiger partial charge is 0.573 e. The molecule has 1 atom stereocenters. The minimum atomic E-state index is -4.85. The Hall–Kier alpha value is -1.17. The van der Waals surface area contributed by atoms with Crippen LogP contribution in [0.4, 0.5) is 23.2 Å². The zero-order valence-corrected chi connectivity index (χ0v) is 10.9. The van der Waals surface area contributed by atoms with E-state index in [0.717, 1.165) is 6.07 Å². The molecule has 0 radical (unpaired) electrons. The van der Waals surface area contributed by atoms with Crippen LogP contribution in [0, 0.1) is 12.7 Å². The fraction of sp³-hybridized carbons (Fsp3) is 0.500. The third-order valence-corrected chi connectivity index (χ3v) is 3.26. The van der Waals surface area contributed by atoms with E-state index in [1.165, 1.54) is 6.07 Å². The second-order valence-corrected chi connectivity index (χ2v) is 5.07. The molecule has 1 fully saturated rings. The fourth-order valence-electron chi connectivity index (χ4n) is 2.23. The Bertz CT molecular complexity index is 478. The number of nitrogens with zero attached hydrogens (tertiary/aromatic N) is 1. The van der Waals surface area contributed by atoms with Crippen LogP contribution in [-0.2, 0) is 0 Å². The van der Waals surface area contributed by atoms with E-state index in [2.05, 4.69) is 4.74 Å². The van der Waals surface area contributed by atoms with Gasteiger partial charge in [-0.15, -0.1) is 24.8 Å². The van der Waals surface area contributed by atoms with Gasteiger partial charge in [-0.1, -0.05) is 0 Å². The summed E-state index contributed by atoms with van der Waals surface area (Å²) < 4.78 is 54.2. The van der Waals surface area contributed by atoms with Gasteiger partial charge in [0.05, 0.1) is 11.1 Å². The van der Waals surface area contributed by atoms with Gasteiger partial charge in [0, 0.05) is 19.2 Å². The number of benzene rings is 1. The normalized spacial score (nSPS) is 19.9. The first kappa shape index (κ1) is 14.2. The third kappa shape index (κ3) is 3.43. The molecule has 1 saturated heterocycles. The van der Waals surface area contributed by atoms with Gasteiger partial charge in [-0.2, -0.15) is 0 Å². The van der Waals surface area contributed by atoms with Crippen molar-refractivity contribution < 1.29 is 22.3 Å². The predicted octanol–water partition coefficient (Wildman–Crippen LogP) is 3.85. The number of anilines is 1. The SMILES string of the molecule is Cc1cc(F)cc(OC(F)(F)F)c1N1CCC(Cl)C1. The maximum atomic E-state index is 13.3. The van der Waals surface area contributed by atoms with Crippen molar-refractivity contribution in [3.8, 4) is 5.75 Å². The van der Waals surface area contributed by atoms with Gasteiger partial charge >= 0.3 is 6.36 Å². The molecule has 1 aromatic carbocycles. The summed E-state index contributed by atoms with van der Waals surface area (Å²) in [7, 11) is 0. The van der Waals surface area contributed by atoms with E-state index in [9.17, 15) is 17.6 Å². The summed E-state index contributed by atoms with van der Waals surface area (Å²) in [4.78, 5) is 1.69.